The van der Waals surface area contributed by atoms with Gasteiger partial charge < -0.3 is 9.64 Å². The minimum Gasteiger partial charge on any atom is -0.494 e. The lowest BCUT2D eigenvalue weighted by molar-refractivity contribution is 0.0713. The van der Waals surface area contributed by atoms with Crippen molar-refractivity contribution in [2.75, 3.05) is 24.4 Å². The lowest BCUT2D eigenvalue weighted by Crippen LogP contribution is -2.38. The Bertz CT molecular complexity index is 1360. The number of halogens is 3. The molecule has 4 rings (SSSR count). The Hall–Kier alpha value is -2.26. The Kier molecular flexibility index (Phi) is 8.50. The van der Waals surface area contributed by atoms with Crippen molar-refractivity contribution in [1.29, 1.82) is 0 Å². The normalized spacial score (nSPS) is 14.5. The largest absolute Gasteiger partial charge is 0.494 e. The van der Waals surface area contributed by atoms with Gasteiger partial charge in [0, 0.05) is 33.8 Å². The van der Waals surface area contributed by atoms with E-state index in [1.165, 1.54) is 12.1 Å². The minimum absolute atomic E-state index is 0.0357. The van der Waals surface area contributed by atoms with E-state index in [9.17, 15) is 13.2 Å². The molecule has 1 fully saturated rings. The maximum Gasteiger partial charge on any atom is 0.263 e. The first-order chi connectivity index (χ1) is 17.2. The van der Waals surface area contributed by atoms with Gasteiger partial charge in [-0.05, 0) is 85.8 Å². The average molecular weight is 612 g/mol. The lowest BCUT2D eigenvalue weighted by atomic mass is 9.89. The topological polar surface area (TPSA) is 75.7 Å². The Morgan fingerprint density at radius 3 is 2.36 bits per heavy atom. The smallest absolute Gasteiger partial charge is 0.263 e. The van der Waals surface area contributed by atoms with Crippen molar-refractivity contribution in [3.8, 4) is 5.75 Å². The Labute approximate surface area is 229 Å². The first kappa shape index (κ1) is 26.8. The first-order valence-electron chi connectivity index (χ1n) is 11.5. The summed E-state index contributed by atoms with van der Waals surface area (Å²) in [5, 5.41) is 0.746. The molecule has 0 atom stereocenters. The number of likely N-dealkylation sites (tertiary alicyclic amines) is 1. The average Bonchev–Trinajstić information content (AvgIpc) is 2.85. The van der Waals surface area contributed by atoms with Gasteiger partial charge in [-0.3, -0.25) is 9.52 Å². The van der Waals surface area contributed by atoms with Crippen LogP contribution in [0.15, 0.2) is 70.0 Å². The summed E-state index contributed by atoms with van der Waals surface area (Å²) in [6.07, 6.45) is 1.54. The predicted octanol–water partition coefficient (Wildman–Crippen LogP) is 6.98. The van der Waals surface area contributed by atoms with Crippen LogP contribution in [0.4, 0.5) is 5.69 Å². The number of piperidine rings is 1. The number of amides is 1. The zero-order valence-corrected chi connectivity index (χ0v) is 23.4. The third kappa shape index (κ3) is 6.17. The summed E-state index contributed by atoms with van der Waals surface area (Å²) in [7, 11) is -4.02. The highest BCUT2D eigenvalue weighted by atomic mass is 79.9. The number of sulfonamides is 1. The SMILES string of the molecule is CCOc1ccc(NS(=O)(=O)c2cc(C(=O)N3CCC(c4ccc(Br)cc4Cl)CC3)ccc2Cl)cc1. The number of anilines is 1. The third-order valence-electron chi connectivity index (χ3n) is 6.07. The summed E-state index contributed by atoms with van der Waals surface area (Å²) < 4.78 is 35.0. The van der Waals surface area contributed by atoms with Gasteiger partial charge >= 0.3 is 0 Å². The molecule has 1 aliphatic rings. The van der Waals surface area contributed by atoms with Crippen LogP contribution in [0.25, 0.3) is 0 Å². The van der Waals surface area contributed by atoms with Crippen LogP contribution in [-0.2, 0) is 10.0 Å². The summed E-state index contributed by atoms with van der Waals surface area (Å²) in [4.78, 5) is 14.8. The molecule has 3 aromatic carbocycles. The van der Waals surface area contributed by atoms with E-state index >= 15 is 0 Å². The van der Waals surface area contributed by atoms with Crippen LogP contribution in [-0.4, -0.2) is 38.9 Å². The van der Waals surface area contributed by atoms with Crippen LogP contribution in [0.5, 0.6) is 5.75 Å². The first-order valence-corrected chi connectivity index (χ1v) is 14.5. The van der Waals surface area contributed by atoms with Gasteiger partial charge in [-0.2, -0.15) is 0 Å². The molecule has 0 bridgehead atoms. The molecule has 3 aromatic rings. The van der Waals surface area contributed by atoms with Gasteiger partial charge in [0.1, 0.15) is 10.6 Å². The molecule has 1 heterocycles. The molecule has 1 aliphatic heterocycles. The monoisotopic (exact) mass is 610 g/mol. The van der Waals surface area contributed by atoms with E-state index < -0.39 is 10.0 Å². The van der Waals surface area contributed by atoms with Crippen molar-refractivity contribution in [3.05, 3.63) is 86.3 Å². The predicted molar refractivity (Wildman–Crippen MR) is 147 cm³/mol. The molecule has 0 aliphatic carbocycles. The Morgan fingerprint density at radius 1 is 1.03 bits per heavy atom. The fourth-order valence-electron chi connectivity index (χ4n) is 4.25. The number of hydrogen-bond donors (Lipinski definition) is 1. The number of nitrogens with zero attached hydrogens (tertiary/aromatic N) is 1. The van der Waals surface area contributed by atoms with Crippen molar-refractivity contribution in [1.82, 2.24) is 4.90 Å². The molecular formula is C26H25BrCl2N2O4S. The van der Waals surface area contributed by atoms with E-state index in [0.717, 1.165) is 22.9 Å². The summed E-state index contributed by atoms with van der Waals surface area (Å²) >= 11 is 16.1. The second-order valence-electron chi connectivity index (χ2n) is 8.44. The molecule has 0 spiro atoms. The van der Waals surface area contributed by atoms with Gasteiger partial charge in [0.15, 0.2) is 0 Å². The molecule has 0 saturated carbocycles. The molecule has 10 heteroatoms. The van der Waals surface area contributed by atoms with Gasteiger partial charge in [0.25, 0.3) is 15.9 Å². The van der Waals surface area contributed by atoms with Gasteiger partial charge in [-0.15, -0.1) is 0 Å². The van der Waals surface area contributed by atoms with Crippen molar-refractivity contribution < 1.29 is 17.9 Å². The second kappa shape index (κ2) is 11.4. The maximum atomic E-state index is 13.2. The number of hydrogen-bond acceptors (Lipinski definition) is 4. The van der Waals surface area contributed by atoms with E-state index in [-0.39, 0.29) is 27.3 Å². The van der Waals surface area contributed by atoms with E-state index in [2.05, 4.69) is 20.7 Å². The van der Waals surface area contributed by atoms with Gasteiger partial charge in [-0.25, -0.2) is 8.42 Å². The van der Waals surface area contributed by atoms with Crippen LogP contribution in [0.2, 0.25) is 10.0 Å². The molecule has 1 saturated heterocycles. The zero-order chi connectivity index (χ0) is 25.9. The molecule has 190 valence electrons. The fourth-order valence-corrected chi connectivity index (χ4v) is 6.66. The zero-order valence-electron chi connectivity index (χ0n) is 19.5. The molecule has 0 radical (unpaired) electrons. The third-order valence-corrected chi connectivity index (χ3v) is 8.75. The number of nitrogens with one attached hydrogen (secondary N) is 1. The summed E-state index contributed by atoms with van der Waals surface area (Å²) in [6, 6.07) is 16.7. The molecular weight excluding hydrogens is 587 g/mol. The van der Waals surface area contributed by atoms with Gasteiger partial charge in [0.05, 0.1) is 11.6 Å². The molecule has 1 amide bonds. The van der Waals surface area contributed by atoms with Crippen molar-refractivity contribution in [2.45, 2.75) is 30.6 Å². The van der Waals surface area contributed by atoms with E-state index in [1.54, 1.807) is 35.2 Å². The van der Waals surface area contributed by atoms with Crippen LogP contribution in [0, 0.1) is 0 Å². The van der Waals surface area contributed by atoms with E-state index in [1.807, 2.05) is 25.1 Å². The lowest BCUT2D eigenvalue weighted by Gasteiger charge is -2.32. The summed E-state index contributed by atoms with van der Waals surface area (Å²) in [6.45, 7) is 3.47. The van der Waals surface area contributed by atoms with Gasteiger partial charge in [0.2, 0.25) is 0 Å². The van der Waals surface area contributed by atoms with Crippen LogP contribution in [0.1, 0.15) is 41.6 Å². The quantitative estimate of drug-likeness (QED) is 0.313. The highest BCUT2D eigenvalue weighted by Gasteiger charge is 2.27. The minimum atomic E-state index is -4.02. The van der Waals surface area contributed by atoms with Crippen molar-refractivity contribution in [3.63, 3.8) is 0 Å². The Morgan fingerprint density at radius 2 is 1.72 bits per heavy atom. The highest BCUT2D eigenvalue weighted by molar-refractivity contribution is 9.10. The molecule has 0 unspecified atom stereocenters. The van der Waals surface area contributed by atoms with Crippen LogP contribution in [0.3, 0.4) is 0 Å². The molecule has 6 nitrogen and oxygen atoms in total. The number of carbonyl (C=O) groups is 1. The number of carbonyl (C=O) groups excluding carboxylic acids is 1. The van der Waals surface area contributed by atoms with Crippen LogP contribution >= 0.6 is 39.1 Å². The van der Waals surface area contributed by atoms with Crippen molar-refractivity contribution >= 4 is 60.7 Å². The summed E-state index contributed by atoms with van der Waals surface area (Å²) in [5.41, 5.74) is 1.71. The number of ether oxygens (including phenoxy) is 1. The fraction of sp³-hybridized carbons (Fsp3) is 0.269. The summed E-state index contributed by atoms with van der Waals surface area (Å²) in [5.74, 6) is 0.663. The molecule has 36 heavy (non-hydrogen) atoms. The van der Waals surface area contributed by atoms with E-state index in [4.69, 9.17) is 27.9 Å². The van der Waals surface area contributed by atoms with E-state index in [0.29, 0.717) is 36.2 Å². The van der Waals surface area contributed by atoms with Crippen LogP contribution < -0.4 is 9.46 Å². The molecule has 1 N–H and O–H groups in total. The number of rotatable bonds is 7. The number of benzene rings is 3. The maximum absolute atomic E-state index is 13.2. The van der Waals surface area contributed by atoms with Crippen molar-refractivity contribution in [2.24, 2.45) is 0 Å². The standard InChI is InChI=1S/C26H25BrCl2N2O4S/c1-2-35-21-7-5-20(6-8-21)30-36(33,34)25-15-18(3-10-23(25)28)26(32)31-13-11-17(12-14-31)22-9-4-19(27)16-24(22)29/h3-10,15-17,30H,2,11-14H2,1H3. The molecule has 0 aromatic heterocycles. The Balaban J connectivity index is 1.47. The second-order valence-corrected chi connectivity index (χ2v) is 11.8. The van der Waals surface area contributed by atoms with Gasteiger partial charge in [-0.1, -0.05) is 45.2 Å². The highest BCUT2D eigenvalue weighted by Crippen LogP contribution is 2.35.